The summed E-state index contributed by atoms with van der Waals surface area (Å²) < 4.78 is 5.52. The first-order valence-corrected chi connectivity index (χ1v) is 8.89. The van der Waals surface area contributed by atoms with E-state index in [1.165, 1.54) is 6.33 Å². The van der Waals surface area contributed by atoms with Crippen LogP contribution in [0.1, 0.15) is 45.2 Å². The Hall–Kier alpha value is -2.47. The predicted molar refractivity (Wildman–Crippen MR) is 98.4 cm³/mol. The van der Waals surface area contributed by atoms with Crippen molar-refractivity contribution in [2.45, 2.75) is 51.4 Å². The smallest absolute Gasteiger partial charge is 0.410 e. The fraction of sp³-hybridized carbons (Fsp3) is 0.450. The summed E-state index contributed by atoms with van der Waals surface area (Å²) in [6.45, 7) is 6.08. The maximum atomic E-state index is 12.4. The third-order valence-corrected chi connectivity index (χ3v) is 4.66. The van der Waals surface area contributed by atoms with E-state index >= 15 is 0 Å². The number of rotatable bonds is 5. The molecule has 1 saturated heterocycles. The van der Waals surface area contributed by atoms with Gasteiger partial charge in [0.15, 0.2) is 0 Å². The first-order chi connectivity index (χ1) is 12.3. The fourth-order valence-electron chi connectivity index (χ4n) is 3.27. The molecule has 2 heterocycles. The van der Waals surface area contributed by atoms with Crippen LogP contribution in [0.15, 0.2) is 42.9 Å². The molecular formula is C20H25N3O3. The van der Waals surface area contributed by atoms with E-state index in [9.17, 15) is 9.90 Å². The van der Waals surface area contributed by atoms with Crippen LogP contribution in [-0.2, 0) is 4.74 Å². The number of amides is 1. The van der Waals surface area contributed by atoms with Crippen LogP contribution in [0.3, 0.4) is 0 Å². The number of carbonyl (C=O) groups is 1. The molecule has 2 unspecified atom stereocenters. The SMILES string of the molecule is CC(c1ccc(-c2ccncn2)cc1)N1CCC(CC(C)(C)O)OC1=O. The van der Waals surface area contributed by atoms with Crippen molar-refractivity contribution < 1.29 is 14.6 Å². The highest BCUT2D eigenvalue weighted by Gasteiger charge is 2.33. The van der Waals surface area contributed by atoms with Gasteiger partial charge in [-0.05, 0) is 32.4 Å². The van der Waals surface area contributed by atoms with Gasteiger partial charge in [0, 0.05) is 31.1 Å². The molecule has 1 N–H and O–H groups in total. The molecule has 6 nitrogen and oxygen atoms in total. The summed E-state index contributed by atoms with van der Waals surface area (Å²) in [6, 6.07) is 9.81. The minimum atomic E-state index is -0.838. The van der Waals surface area contributed by atoms with Crippen molar-refractivity contribution in [1.82, 2.24) is 14.9 Å². The molecule has 0 radical (unpaired) electrons. The minimum Gasteiger partial charge on any atom is -0.446 e. The average molecular weight is 355 g/mol. The number of aliphatic hydroxyl groups is 1. The number of ether oxygens (including phenoxy) is 1. The van der Waals surface area contributed by atoms with E-state index < -0.39 is 5.60 Å². The average Bonchev–Trinajstić information content (AvgIpc) is 2.61. The van der Waals surface area contributed by atoms with Gasteiger partial charge in [0.2, 0.25) is 0 Å². The van der Waals surface area contributed by atoms with E-state index in [-0.39, 0.29) is 18.2 Å². The summed E-state index contributed by atoms with van der Waals surface area (Å²) in [4.78, 5) is 22.3. The van der Waals surface area contributed by atoms with E-state index in [1.54, 1.807) is 24.9 Å². The molecule has 6 heteroatoms. The zero-order valence-electron chi connectivity index (χ0n) is 15.4. The highest BCUT2D eigenvalue weighted by molar-refractivity contribution is 5.69. The van der Waals surface area contributed by atoms with Gasteiger partial charge in [-0.2, -0.15) is 0 Å². The normalized spacial score (nSPS) is 19.2. The molecule has 0 aliphatic carbocycles. The van der Waals surface area contributed by atoms with Crippen LogP contribution in [0.5, 0.6) is 0 Å². The number of hydrogen-bond acceptors (Lipinski definition) is 5. The number of nitrogens with zero attached hydrogens (tertiary/aromatic N) is 3. The molecule has 0 saturated carbocycles. The van der Waals surface area contributed by atoms with Gasteiger partial charge >= 0.3 is 6.09 Å². The van der Waals surface area contributed by atoms with Gasteiger partial charge in [-0.15, -0.1) is 0 Å². The van der Waals surface area contributed by atoms with Gasteiger partial charge in [0.1, 0.15) is 12.4 Å². The first kappa shape index (κ1) is 18.3. The summed E-state index contributed by atoms with van der Waals surface area (Å²) in [6.07, 6.45) is 3.86. The zero-order valence-corrected chi connectivity index (χ0v) is 15.4. The van der Waals surface area contributed by atoms with E-state index in [0.717, 1.165) is 23.2 Å². The Kier molecular flexibility index (Phi) is 5.23. The van der Waals surface area contributed by atoms with Crippen LogP contribution in [-0.4, -0.2) is 44.3 Å². The number of hydrogen-bond donors (Lipinski definition) is 1. The van der Waals surface area contributed by atoms with Crippen molar-refractivity contribution in [2.24, 2.45) is 0 Å². The molecule has 26 heavy (non-hydrogen) atoms. The van der Waals surface area contributed by atoms with Gasteiger partial charge in [0.25, 0.3) is 0 Å². The van der Waals surface area contributed by atoms with E-state index in [4.69, 9.17) is 4.74 Å². The summed E-state index contributed by atoms with van der Waals surface area (Å²) in [7, 11) is 0. The van der Waals surface area contributed by atoms with Crippen LogP contribution in [0.25, 0.3) is 11.3 Å². The summed E-state index contributed by atoms with van der Waals surface area (Å²) in [5.41, 5.74) is 2.08. The number of cyclic esters (lactones) is 1. The minimum absolute atomic E-state index is 0.0787. The molecule has 2 atom stereocenters. The first-order valence-electron chi connectivity index (χ1n) is 8.89. The van der Waals surface area contributed by atoms with Crippen molar-refractivity contribution in [1.29, 1.82) is 0 Å². The highest BCUT2D eigenvalue weighted by atomic mass is 16.6. The molecule has 138 valence electrons. The second kappa shape index (κ2) is 7.41. The van der Waals surface area contributed by atoms with Gasteiger partial charge in [-0.3, -0.25) is 0 Å². The topological polar surface area (TPSA) is 75.6 Å². The standard InChI is InChI=1S/C20H25N3O3/c1-14(23-11-9-17(26-19(23)24)12-20(2,3)25)15-4-6-16(7-5-15)18-8-10-21-13-22-18/h4-8,10,13-14,17,25H,9,11-12H2,1-3H3. The Morgan fingerprint density at radius 1 is 1.31 bits per heavy atom. The Balaban J connectivity index is 1.66. The Labute approximate surface area is 153 Å². The number of aromatic nitrogens is 2. The van der Waals surface area contributed by atoms with Gasteiger partial charge in [0.05, 0.1) is 17.3 Å². The van der Waals surface area contributed by atoms with E-state index in [1.807, 2.05) is 37.3 Å². The summed E-state index contributed by atoms with van der Waals surface area (Å²) in [5, 5.41) is 9.92. The summed E-state index contributed by atoms with van der Waals surface area (Å²) in [5.74, 6) is 0. The van der Waals surface area contributed by atoms with Crippen LogP contribution < -0.4 is 0 Å². The maximum Gasteiger partial charge on any atom is 0.410 e. The molecule has 1 fully saturated rings. The second-order valence-corrected chi connectivity index (χ2v) is 7.40. The molecule has 3 rings (SSSR count). The molecule has 1 aromatic carbocycles. The lowest BCUT2D eigenvalue weighted by Gasteiger charge is -2.37. The predicted octanol–water partition coefficient (Wildman–Crippen LogP) is 3.58. The lowest BCUT2D eigenvalue weighted by atomic mass is 9.97. The molecule has 1 aliphatic rings. The Bertz CT molecular complexity index is 741. The molecule has 1 aliphatic heterocycles. The Morgan fingerprint density at radius 2 is 2.04 bits per heavy atom. The lowest BCUT2D eigenvalue weighted by molar-refractivity contribution is -0.0309. The van der Waals surface area contributed by atoms with Gasteiger partial charge in [-0.25, -0.2) is 14.8 Å². The van der Waals surface area contributed by atoms with Crippen molar-refractivity contribution in [3.63, 3.8) is 0 Å². The van der Waals surface area contributed by atoms with Crippen molar-refractivity contribution in [3.8, 4) is 11.3 Å². The second-order valence-electron chi connectivity index (χ2n) is 7.40. The zero-order chi connectivity index (χ0) is 18.7. The van der Waals surface area contributed by atoms with Crippen molar-refractivity contribution in [3.05, 3.63) is 48.4 Å². The monoisotopic (exact) mass is 355 g/mol. The van der Waals surface area contributed by atoms with Gasteiger partial charge in [-0.1, -0.05) is 24.3 Å². The highest BCUT2D eigenvalue weighted by Crippen LogP contribution is 2.29. The molecule has 2 aromatic rings. The number of carbonyl (C=O) groups excluding carboxylic acids is 1. The third-order valence-electron chi connectivity index (χ3n) is 4.66. The number of benzene rings is 1. The molecule has 0 spiro atoms. The van der Waals surface area contributed by atoms with Crippen LogP contribution in [0.2, 0.25) is 0 Å². The van der Waals surface area contributed by atoms with Crippen molar-refractivity contribution >= 4 is 6.09 Å². The van der Waals surface area contributed by atoms with Crippen LogP contribution in [0.4, 0.5) is 4.79 Å². The lowest BCUT2D eigenvalue weighted by Crippen LogP contribution is -2.45. The Morgan fingerprint density at radius 3 is 2.62 bits per heavy atom. The largest absolute Gasteiger partial charge is 0.446 e. The van der Waals surface area contributed by atoms with E-state index in [0.29, 0.717) is 13.0 Å². The van der Waals surface area contributed by atoms with E-state index in [2.05, 4.69) is 9.97 Å². The third kappa shape index (κ3) is 4.38. The molecule has 0 bridgehead atoms. The fourth-order valence-corrected chi connectivity index (χ4v) is 3.27. The molecular weight excluding hydrogens is 330 g/mol. The van der Waals surface area contributed by atoms with Crippen LogP contribution >= 0.6 is 0 Å². The molecule has 1 amide bonds. The van der Waals surface area contributed by atoms with Crippen molar-refractivity contribution in [2.75, 3.05) is 6.54 Å². The van der Waals surface area contributed by atoms with Crippen LogP contribution in [0, 0.1) is 0 Å². The molecule has 1 aromatic heterocycles. The van der Waals surface area contributed by atoms with Gasteiger partial charge < -0.3 is 14.7 Å². The summed E-state index contributed by atoms with van der Waals surface area (Å²) >= 11 is 0. The quantitative estimate of drug-likeness (QED) is 0.887. The maximum absolute atomic E-state index is 12.4.